The van der Waals surface area contributed by atoms with E-state index >= 15 is 0 Å². The van der Waals surface area contributed by atoms with Crippen molar-refractivity contribution in [3.05, 3.63) is 28.5 Å². The molecule has 66 valence electrons. The molecule has 0 unspecified atom stereocenters. The molecular formula is C8H9BrFNO. The second-order valence-corrected chi connectivity index (χ2v) is 3.07. The van der Waals surface area contributed by atoms with E-state index < -0.39 is 0 Å². The lowest BCUT2D eigenvalue weighted by atomic mass is 10.3. The lowest BCUT2D eigenvalue weighted by Crippen LogP contribution is -2.10. The summed E-state index contributed by atoms with van der Waals surface area (Å²) in [6, 6.07) is 4.48. The lowest BCUT2D eigenvalue weighted by molar-refractivity contribution is 0.327. The third-order valence-corrected chi connectivity index (χ3v) is 1.89. The zero-order chi connectivity index (χ0) is 8.97. The van der Waals surface area contributed by atoms with Crippen molar-refractivity contribution in [1.82, 2.24) is 0 Å². The molecule has 0 saturated carbocycles. The molecule has 2 N–H and O–H groups in total. The topological polar surface area (TPSA) is 35.2 Å². The predicted octanol–water partition coefficient (Wildman–Crippen LogP) is 1.93. The molecule has 1 aromatic rings. The van der Waals surface area contributed by atoms with Gasteiger partial charge in [-0.2, -0.15) is 0 Å². The van der Waals surface area contributed by atoms with Gasteiger partial charge < -0.3 is 10.5 Å². The van der Waals surface area contributed by atoms with E-state index in [1.165, 1.54) is 6.07 Å². The maximum Gasteiger partial charge on any atom is 0.137 e. The van der Waals surface area contributed by atoms with Gasteiger partial charge in [-0.25, -0.2) is 4.39 Å². The van der Waals surface area contributed by atoms with E-state index in [1.807, 2.05) is 0 Å². The van der Waals surface area contributed by atoms with Crippen LogP contribution in [0.5, 0.6) is 5.75 Å². The number of rotatable bonds is 3. The van der Waals surface area contributed by atoms with Crippen molar-refractivity contribution < 1.29 is 9.13 Å². The minimum Gasteiger partial charge on any atom is -0.492 e. The van der Waals surface area contributed by atoms with Gasteiger partial charge in [-0.3, -0.25) is 0 Å². The second kappa shape index (κ2) is 4.42. The van der Waals surface area contributed by atoms with E-state index in [9.17, 15) is 4.39 Å². The number of ether oxygens (including phenoxy) is 1. The van der Waals surface area contributed by atoms with Gasteiger partial charge >= 0.3 is 0 Å². The Morgan fingerprint density at radius 3 is 2.83 bits per heavy atom. The van der Waals surface area contributed by atoms with Gasteiger partial charge in [-0.15, -0.1) is 0 Å². The highest BCUT2D eigenvalue weighted by Gasteiger charge is 1.99. The summed E-state index contributed by atoms with van der Waals surface area (Å²) >= 11 is 3.05. The van der Waals surface area contributed by atoms with Crippen molar-refractivity contribution in [2.75, 3.05) is 13.2 Å². The van der Waals surface area contributed by atoms with Crippen LogP contribution in [0.1, 0.15) is 0 Å². The number of nitrogens with two attached hydrogens (primary N) is 1. The van der Waals surface area contributed by atoms with E-state index in [0.717, 1.165) is 0 Å². The van der Waals surface area contributed by atoms with Crippen molar-refractivity contribution in [3.8, 4) is 5.75 Å². The van der Waals surface area contributed by atoms with Crippen LogP contribution in [0.3, 0.4) is 0 Å². The molecule has 0 aliphatic rings. The first-order valence-electron chi connectivity index (χ1n) is 3.52. The fourth-order valence-corrected chi connectivity index (χ4v) is 1.10. The highest BCUT2D eigenvalue weighted by Crippen LogP contribution is 2.21. The molecule has 0 radical (unpaired) electrons. The molecule has 2 nitrogen and oxygen atoms in total. The summed E-state index contributed by atoms with van der Waals surface area (Å²) in [4.78, 5) is 0. The third kappa shape index (κ3) is 2.46. The predicted molar refractivity (Wildman–Crippen MR) is 48.6 cm³/mol. The Hall–Kier alpha value is -0.610. The Morgan fingerprint density at radius 1 is 1.50 bits per heavy atom. The Morgan fingerprint density at radius 2 is 2.25 bits per heavy atom. The summed E-state index contributed by atoms with van der Waals surface area (Å²) < 4.78 is 18.3. The monoisotopic (exact) mass is 233 g/mol. The molecule has 1 rings (SSSR count). The van der Waals surface area contributed by atoms with Crippen molar-refractivity contribution >= 4 is 15.9 Å². The van der Waals surface area contributed by atoms with Crippen LogP contribution >= 0.6 is 15.9 Å². The van der Waals surface area contributed by atoms with Crippen molar-refractivity contribution in [3.63, 3.8) is 0 Å². The van der Waals surface area contributed by atoms with Crippen molar-refractivity contribution in [2.45, 2.75) is 0 Å². The smallest absolute Gasteiger partial charge is 0.137 e. The Kier molecular flexibility index (Phi) is 3.49. The minimum atomic E-state index is -0.296. The van der Waals surface area contributed by atoms with Gasteiger partial charge in [-0.05, 0) is 34.1 Å². The highest BCUT2D eigenvalue weighted by molar-refractivity contribution is 9.10. The summed E-state index contributed by atoms with van der Waals surface area (Å²) in [5.41, 5.74) is 5.23. The molecule has 0 fully saturated rings. The normalized spacial score (nSPS) is 9.92. The molecule has 0 atom stereocenters. The van der Waals surface area contributed by atoms with Crippen LogP contribution in [0.2, 0.25) is 0 Å². The minimum absolute atomic E-state index is 0.296. The van der Waals surface area contributed by atoms with E-state index in [2.05, 4.69) is 15.9 Å². The van der Waals surface area contributed by atoms with Gasteiger partial charge in [0.1, 0.15) is 18.2 Å². The van der Waals surface area contributed by atoms with Crippen LogP contribution in [0, 0.1) is 5.82 Å². The van der Waals surface area contributed by atoms with Crippen LogP contribution in [-0.4, -0.2) is 13.2 Å². The molecule has 0 aliphatic heterocycles. The van der Waals surface area contributed by atoms with Crippen LogP contribution in [0.4, 0.5) is 4.39 Å². The fourth-order valence-electron chi connectivity index (χ4n) is 0.743. The summed E-state index contributed by atoms with van der Waals surface area (Å²) in [6.07, 6.45) is 0. The molecule has 0 heterocycles. The maximum atomic E-state index is 12.7. The molecule has 0 aromatic heterocycles. The van der Waals surface area contributed by atoms with Gasteiger partial charge in [0.2, 0.25) is 0 Å². The zero-order valence-electron chi connectivity index (χ0n) is 6.39. The van der Waals surface area contributed by atoms with Crippen LogP contribution in [-0.2, 0) is 0 Å². The summed E-state index contributed by atoms with van der Waals surface area (Å²) in [5, 5.41) is 0. The van der Waals surface area contributed by atoms with Gasteiger partial charge in [0, 0.05) is 6.54 Å². The first kappa shape index (κ1) is 9.48. The first-order chi connectivity index (χ1) is 5.74. The van der Waals surface area contributed by atoms with E-state index in [1.54, 1.807) is 12.1 Å². The second-order valence-electron chi connectivity index (χ2n) is 2.21. The molecule has 4 heteroatoms. The fraction of sp³-hybridized carbons (Fsp3) is 0.250. The summed E-state index contributed by atoms with van der Waals surface area (Å²) in [5.74, 6) is 0.323. The summed E-state index contributed by atoms with van der Waals surface area (Å²) in [7, 11) is 0. The average molecular weight is 234 g/mol. The lowest BCUT2D eigenvalue weighted by Gasteiger charge is -2.04. The molecule has 0 aliphatic carbocycles. The number of hydrogen-bond donors (Lipinski definition) is 1. The molecule has 0 amide bonds. The molecule has 1 aromatic carbocycles. The van der Waals surface area contributed by atoms with E-state index in [4.69, 9.17) is 10.5 Å². The number of halogens is 2. The molecule has 0 saturated heterocycles. The number of benzene rings is 1. The Labute approximate surface area is 78.6 Å². The van der Waals surface area contributed by atoms with Gasteiger partial charge in [0.15, 0.2) is 0 Å². The van der Waals surface area contributed by atoms with Crippen LogP contribution in [0.25, 0.3) is 0 Å². The van der Waals surface area contributed by atoms with Crippen molar-refractivity contribution in [1.29, 1.82) is 0 Å². The van der Waals surface area contributed by atoms with Crippen LogP contribution < -0.4 is 10.5 Å². The number of hydrogen-bond acceptors (Lipinski definition) is 2. The first-order valence-corrected chi connectivity index (χ1v) is 4.31. The van der Waals surface area contributed by atoms with E-state index in [-0.39, 0.29) is 5.82 Å². The van der Waals surface area contributed by atoms with Gasteiger partial charge in [0.25, 0.3) is 0 Å². The third-order valence-electron chi connectivity index (χ3n) is 1.28. The SMILES string of the molecule is NCCOc1ccc(F)c(Br)c1. The molecule has 0 bridgehead atoms. The average Bonchev–Trinajstić information content (AvgIpc) is 2.07. The standard InChI is InChI=1S/C8H9BrFNO/c9-7-5-6(12-4-3-11)1-2-8(7)10/h1-2,5H,3-4,11H2. The Bertz CT molecular complexity index is 267. The van der Waals surface area contributed by atoms with Crippen LogP contribution in [0.15, 0.2) is 22.7 Å². The molecular weight excluding hydrogens is 225 g/mol. The van der Waals surface area contributed by atoms with Crippen molar-refractivity contribution in [2.24, 2.45) is 5.73 Å². The maximum absolute atomic E-state index is 12.7. The summed E-state index contributed by atoms with van der Waals surface area (Å²) in [6.45, 7) is 0.896. The molecule has 12 heavy (non-hydrogen) atoms. The van der Waals surface area contributed by atoms with Gasteiger partial charge in [-0.1, -0.05) is 0 Å². The quantitative estimate of drug-likeness (QED) is 0.867. The largest absolute Gasteiger partial charge is 0.492 e. The Balaban J connectivity index is 2.69. The van der Waals surface area contributed by atoms with Gasteiger partial charge in [0.05, 0.1) is 4.47 Å². The highest BCUT2D eigenvalue weighted by atomic mass is 79.9. The molecule has 0 spiro atoms. The van der Waals surface area contributed by atoms with E-state index in [0.29, 0.717) is 23.4 Å². The zero-order valence-corrected chi connectivity index (χ0v) is 7.97.